The van der Waals surface area contributed by atoms with Crippen molar-refractivity contribution in [3.05, 3.63) is 64.8 Å². The van der Waals surface area contributed by atoms with Crippen molar-refractivity contribution >= 4 is 29.4 Å². The second kappa shape index (κ2) is 10.4. The van der Waals surface area contributed by atoms with Crippen molar-refractivity contribution in [3.63, 3.8) is 0 Å². The number of carbonyl (C=O) groups excluding carboxylic acids is 2. The van der Waals surface area contributed by atoms with Gasteiger partial charge in [0.05, 0.1) is 22.4 Å². The highest BCUT2D eigenvalue weighted by atomic mass is 32.2. The Bertz CT molecular complexity index is 1380. The molecule has 0 radical (unpaired) electrons. The molecule has 0 saturated heterocycles. The van der Waals surface area contributed by atoms with Gasteiger partial charge in [-0.05, 0) is 42.7 Å². The van der Waals surface area contributed by atoms with Gasteiger partial charge in [0.15, 0.2) is 11.5 Å². The van der Waals surface area contributed by atoms with Crippen LogP contribution in [0.25, 0.3) is 5.69 Å². The van der Waals surface area contributed by atoms with E-state index in [0.717, 1.165) is 34.5 Å². The number of carbonyl (C=O) groups is 2. The molecule has 0 fully saturated rings. The van der Waals surface area contributed by atoms with E-state index in [-0.39, 0.29) is 41.6 Å². The van der Waals surface area contributed by atoms with Crippen LogP contribution in [0.15, 0.2) is 42.5 Å². The Morgan fingerprint density at radius 1 is 1.16 bits per heavy atom. The zero-order valence-electron chi connectivity index (χ0n) is 22.5. The van der Waals surface area contributed by atoms with Crippen LogP contribution >= 0.6 is 11.8 Å². The third-order valence-electron chi connectivity index (χ3n) is 6.72. The number of ether oxygens (including phenoxy) is 2. The lowest BCUT2D eigenvalue weighted by atomic mass is 9.87. The van der Waals surface area contributed by atoms with E-state index < -0.39 is 0 Å². The van der Waals surface area contributed by atoms with Crippen molar-refractivity contribution in [1.29, 1.82) is 0 Å². The van der Waals surface area contributed by atoms with Crippen LogP contribution < -0.4 is 19.7 Å². The molecule has 1 atom stereocenters. The average Bonchev–Trinajstić information content (AvgIpc) is 3.48. The number of thioether (sulfide) groups is 1. The molecule has 1 N–H and O–H groups in total. The van der Waals surface area contributed by atoms with E-state index in [1.807, 2.05) is 61.0 Å². The minimum absolute atomic E-state index is 0.0680. The molecule has 9 heteroatoms. The fraction of sp³-hybridized carbons (Fsp3) is 0.414. The lowest BCUT2D eigenvalue weighted by Gasteiger charge is -2.25. The molecule has 2 aliphatic rings. The van der Waals surface area contributed by atoms with E-state index >= 15 is 0 Å². The highest BCUT2D eigenvalue weighted by Gasteiger charge is 2.40. The summed E-state index contributed by atoms with van der Waals surface area (Å²) in [4.78, 5) is 28.3. The van der Waals surface area contributed by atoms with Gasteiger partial charge < -0.3 is 14.8 Å². The lowest BCUT2D eigenvalue weighted by Crippen LogP contribution is -2.42. The number of hydrogen-bond acceptors (Lipinski definition) is 6. The number of anilines is 1. The monoisotopic (exact) mass is 534 g/mol. The number of rotatable bonds is 6. The molecule has 0 saturated carbocycles. The summed E-state index contributed by atoms with van der Waals surface area (Å²) in [5.41, 5.74) is 4.41. The molecule has 0 unspecified atom stereocenters. The number of nitrogens with one attached hydrogen (secondary N) is 1. The van der Waals surface area contributed by atoms with E-state index in [0.29, 0.717) is 23.9 Å². The first-order valence-electron chi connectivity index (χ1n) is 13.0. The standard InChI is InChI=1S/C29H34N4O4S/c1-6-13-30-23(34)15-32-24(35)16-38-26(19-11-12-21-22(14-19)37-17-36-21)25-27(29(3,4)5)31-33(28(25)32)20-10-8-7-9-18(20)2/h7-12,14,26H,6,13,15-17H2,1-5H3,(H,30,34)/t26-/m1/s1. The highest BCUT2D eigenvalue weighted by molar-refractivity contribution is 8.00. The average molecular weight is 535 g/mol. The molecule has 1 aromatic heterocycles. The summed E-state index contributed by atoms with van der Waals surface area (Å²) in [7, 11) is 0. The Morgan fingerprint density at radius 3 is 2.66 bits per heavy atom. The first-order valence-corrected chi connectivity index (χ1v) is 14.0. The van der Waals surface area contributed by atoms with Gasteiger partial charge in [-0.1, -0.05) is 52.0 Å². The molecule has 0 spiro atoms. The van der Waals surface area contributed by atoms with Gasteiger partial charge in [-0.2, -0.15) is 5.10 Å². The molecule has 200 valence electrons. The zero-order valence-corrected chi connectivity index (χ0v) is 23.4. The van der Waals surface area contributed by atoms with Crippen LogP contribution in [-0.4, -0.2) is 47.2 Å². The summed E-state index contributed by atoms with van der Waals surface area (Å²) in [5, 5.41) is 7.90. The van der Waals surface area contributed by atoms with E-state index in [1.165, 1.54) is 0 Å². The van der Waals surface area contributed by atoms with Crippen LogP contribution in [0.2, 0.25) is 0 Å². The van der Waals surface area contributed by atoms with Crippen LogP contribution in [0.4, 0.5) is 5.82 Å². The molecule has 2 amide bonds. The largest absolute Gasteiger partial charge is 0.454 e. The van der Waals surface area contributed by atoms with Gasteiger partial charge in [0.1, 0.15) is 12.4 Å². The van der Waals surface area contributed by atoms with Crippen molar-refractivity contribution in [2.24, 2.45) is 0 Å². The summed E-state index contributed by atoms with van der Waals surface area (Å²) in [6.45, 7) is 11.1. The second-order valence-electron chi connectivity index (χ2n) is 10.7. The maximum atomic E-state index is 13.7. The summed E-state index contributed by atoms with van der Waals surface area (Å²) < 4.78 is 13.1. The SMILES string of the molecule is CCCNC(=O)CN1C(=O)CS[C@H](c2ccc3c(c2)OCO3)c2c(C(C)(C)C)nn(-c3ccccc3C)c21. The summed E-state index contributed by atoms with van der Waals surface area (Å²) >= 11 is 1.55. The third-order valence-corrected chi connectivity index (χ3v) is 7.97. The second-order valence-corrected chi connectivity index (χ2v) is 11.8. The first kappa shape index (κ1) is 26.2. The number of aryl methyl sites for hydroxylation is 1. The van der Waals surface area contributed by atoms with Crippen molar-refractivity contribution in [3.8, 4) is 17.2 Å². The van der Waals surface area contributed by atoms with Gasteiger partial charge in [0.2, 0.25) is 18.6 Å². The van der Waals surface area contributed by atoms with Gasteiger partial charge >= 0.3 is 0 Å². The van der Waals surface area contributed by atoms with Gasteiger partial charge in [-0.3, -0.25) is 14.5 Å². The van der Waals surface area contributed by atoms with Gasteiger partial charge in [0, 0.05) is 17.5 Å². The quantitative estimate of drug-likeness (QED) is 0.484. The Labute approximate surface area is 227 Å². The fourth-order valence-electron chi connectivity index (χ4n) is 4.85. The van der Waals surface area contributed by atoms with Crippen LogP contribution in [0.5, 0.6) is 11.5 Å². The maximum Gasteiger partial charge on any atom is 0.240 e. The van der Waals surface area contributed by atoms with Gasteiger partial charge in [-0.15, -0.1) is 11.8 Å². The minimum Gasteiger partial charge on any atom is -0.454 e. The summed E-state index contributed by atoms with van der Waals surface area (Å²) in [6, 6.07) is 13.9. The van der Waals surface area contributed by atoms with Gasteiger partial charge in [0.25, 0.3) is 0 Å². The zero-order chi connectivity index (χ0) is 27.0. The number of amides is 2. The molecule has 3 aromatic rings. The first-order chi connectivity index (χ1) is 18.2. The molecule has 0 aliphatic carbocycles. The van der Waals surface area contributed by atoms with Crippen molar-refractivity contribution in [2.75, 3.05) is 30.5 Å². The smallest absolute Gasteiger partial charge is 0.240 e. The molecule has 2 aliphatic heterocycles. The highest BCUT2D eigenvalue weighted by Crippen LogP contribution is 2.50. The predicted molar refractivity (Wildman–Crippen MR) is 150 cm³/mol. The number of aromatic nitrogens is 2. The molecule has 5 rings (SSSR count). The maximum absolute atomic E-state index is 13.7. The van der Waals surface area contributed by atoms with Crippen molar-refractivity contribution < 1.29 is 19.1 Å². The molecular formula is C29H34N4O4S. The Kier molecular flexibility index (Phi) is 7.13. The molecule has 38 heavy (non-hydrogen) atoms. The van der Waals surface area contributed by atoms with Crippen molar-refractivity contribution in [2.45, 2.75) is 51.7 Å². The van der Waals surface area contributed by atoms with E-state index in [4.69, 9.17) is 14.6 Å². The molecular weight excluding hydrogens is 500 g/mol. The number of nitrogens with zero attached hydrogens (tertiary/aromatic N) is 3. The van der Waals surface area contributed by atoms with Crippen molar-refractivity contribution in [1.82, 2.24) is 15.1 Å². The summed E-state index contributed by atoms with van der Waals surface area (Å²) in [6.07, 6.45) is 0.822. The Balaban J connectivity index is 1.76. The minimum atomic E-state index is -0.323. The molecule has 8 nitrogen and oxygen atoms in total. The number of fused-ring (bicyclic) bond motifs is 2. The van der Waals surface area contributed by atoms with E-state index in [9.17, 15) is 9.59 Å². The fourth-order valence-corrected chi connectivity index (χ4v) is 6.03. The predicted octanol–water partition coefficient (Wildman–Crippen LogP) is 4.90. The Hall–Kier alpha value is -3.46. The molecule has 2 aromatic carbocycles. The molecule has 0 bridgehead atoms. The van der Waals surface area contributed by atoms with Crippen LogP contribution in [0.3, 0.4) is 0 Å². The third kappa shape index (κ3) is 4.87. The Morgan fingerprint density at radius 2 is 1.92 bits per heavy atom. The van der Waals surface area contributed by atoms with Gasteiger partial charge in [-0.25, -0.2) is 4.68 Å². The molecule has 3 heterocycles. The van der Waals surface area contributed by atoms with E-state index in [2.05, 4.69) is 26.1 Å². The number of para-hydroxylation sites is 1. The topological polar surface area (TPSA) is 85.7 Å². The van der Waals surface area contributed by atoms with E-state index in [1.54, 1.807) is 16.7 Å². The number of hydrogen-bond donors (Lipinski definition) is 1. The lowest BCUT2D eigenvalue weighted by molar-refractivity contribution is -0.122. The van der Waals surface area contributed by atoms with Crippen LogP contribution in [-0.2, 0) is 15.0 Å². The van der Waals surface area contributed by atoms with Crippen LogP contribution in [0.1, 0.15) is 61.7 Å². The summed E-state index contributed by atoms with van der Waals surface area (Å²) in [5.74, 6) is 1.97. The van der Waals surface area contributed by atoms with Crippen LogP contribution in [0, 0.1) is 6.92 Å². The normalized spacial score (nSPS) is 16.8. The number of benzene rings is 2.